The molecule has 0 unspecified atom stereocenters. The first-order valence-electron chi connectivity index (χ1n) is 13.9. The highest BCUT2D eigenvalue weighted by molar-refractivity contribution is 8.04. The third-order valence-corrected chi connectivity index (χ3v) is 9.84. The molecule has 2 aliphatic rings. The second-order valence-corrected chi connectivity index (χ2v) is 11.9. The average Bonchev–Trinajstić information content (AvgIpc) is 3.66. The lowest BCUT2D eigenvalue weighted by Crippen LogP contribution is -2.06. The van der Waals surface area contributed by atoms with Crippen LogP contribution in [-0.2, 0) is 0 Å². The summed E-state index contributed by atoms with van der Waals surface area (Å²) < 4.78 is 11.5. The van der Waals surface area contributed by atoms with Crippen molar-refractivity contribution in [2.45, 2.75) is 17.7 Å². The standard InChI is InChI=1S/C36H22N2OS/c1-4-14-25-23(11-1)33-29(37(25)28-17-9-13-22-21-10-3-7-18-30(21)39-36(22)28)20-32-35-34(33)24-12-2-5-15-26(24)38(35)27-16-6-8-19-31(27)40-32/h1-5,7,9-20H,6,8H2. The minimum atomic E-state index is 0.922. The summed E-state index contributed by atoms with van der Waals surface area (Å²) in [5.41, 5.74) is 9.28. The SMILES string of the molecule is C1=C2Sc3cc4c(c5ccccc5n4-c4cccc5c4oc4ccccc45)c4c5ccccc5n(c34)C2=CCC1. The van der Waals surface area contributed by atoms with E-state index < -0.39 is 0 Å². The van der Waals surface area contributed by atoms with Gasteiger partial charge in [-0.2, -0.15) is 0 Å². The Morgan fingerprint density at radius 3 is 2.17 bits per heavy atom. The number of hydrogen-bond acceptors (Lipinski definition) is 2. The molecule has 0 atom stereocenters. The molecule has 5 aromatic carbocycles. The van der Waals surface area contributed by atoms with Gasteiger partial charge < -0.3 is 13.6 Å². The van der Waals surface area contributed by atoms with Gasteiger partial charge in [-0.05, 0) is 43.2 Å². The smallest absolute Gasteiger partial charge is 0.159 e. The maximum absolute atomic E-state index is 6.56. The van der Waals surface area contributed by atoms with Gasteiger partial charge in [0.25, 0.3) is 0 Å². The van der Waals surface area contributed by atoms with Crippen LogP contribution in [0.1, 0.15) is 12.8 Å². The van der Waals surface area contributed by atoms with Crippen molar-refractivity contribution in [2.24, 2.45) is 0 Å². The van der Waals surface area contributed by atoms with Gasteiger partial charge in [0.15, 0.2) is 5.58 Å². The molecule has 10 rings (SSSR count). The van der Waals surface area contributed by atoms with E-state index >= 15 is 0 Å². The lowest BCUT2D eigenvalue weighted by atomic mass is 10.1. The van der Waals surface area contributed by atoms with Crippen LogP contribution in [0.15, 0.2) is 123 Å². The molecule has 0 spiro atoms. The van der Waals surface area contributed by atoms with Gasteiger partial charge in [-0.15, -0.1) is 0 Å². The maximum atomic E-state index is 6.56. The number of hydrogen-bond donors (Lipinski definition) is 0. The van der Waals surface area contributed by atoms with Crippen molar-refractivity contribution < 1.29 is 4.42 Å². The third kappa shape index (κ3) is 2.53. The first kappa shape index (κ1) is 21.2. The fourth-order valence-corrected chi connectivity index (χ4v) is 8.31. The molecule has 1 aliphatic heterocycles. The van der Waals surface area contributed by atoms with E-state index in [9.17, 15) is 0 Å². The van der Waals surface area contributed by atoms with Crippen LogP contribution in [0.4, 0.5) is 0 Å². The van der Waals surface area contributed by atoms with E-state index in [0.29, 0.717) is 0 Å². The molecule has 4 heterocycles. The number of nitrogens with zero attached hydrogens (tertiary/aromatic N) is 2. The minimum Gasteiger partial charge on any atom is -0.454 e. The number of benzene rings is 5. The van der Waals surface area contributed by atoms with Gasteiger partial charge in [0.2, 0.25) is 0 Å². The maximum Gasteiger partial charge on any atom is 0.159 e. The molecule has 0 bridgehead atoms. The van der Waals surface area contributed by atoms with Gasteiger partial charge in [0.1, 0.15) is 5.58 Å². The minimum absolute atomic E-state index is 0.922. The summed E-state index contributed by atoms with van der Waals surface area (Å²) in [4.78, 5) is 2.67. The quantitative estimate of drug-likeness (QED) is 0.211. The fraction of sp³-hybridized carbons (Fsp3) is 0.0556. The van der Waals surface area contributed by atoms with Crippen LogP contribution in [0.3, 0.4) is 0 Å². The van der Waals surface area contributed by atoms with Crippen molar-refractivity contribution in [2.75, 3.05) is 0 Å². The zero-order valence-corrected chi connectivity index (χ0v) is 22.3. The van der Waals surface area contributed by atoms with Crippen LogP contribution in [0.25, 0.3) is 76.9 Å². The predicted octanol–water partition coefficient (Wildman–Crippen LogP) is 10.4. The summed E-state index contributed by atoms with van der Waals surface area (Å²) >= 11 is 1.92. The van der Waals surface area contributed by atoms with Gasteiger partial charge in [-0.1, -0.05) is 90.6 Å². The molecule has 0 N–H and O–H groups in total. The van der Waals surface area contributed by atoms with Crippen molar-refractivity contribution in [3.63, 3.8) is 0 Å². The Morgan fingerprint density at radius 1 is 0.600 bits per heavy atom. The summed E-state index contributed by atoms with van der Waals surface area (Å²) in [7, 11) is 0. The van der Waals surface area contributed by atoms with Crippen molar-refractivity contribution in [1.82, 2.24) is 9.13 Å². The van der Waals surface area contributed by atoms with E-state index in [4.69, 9.17) is 4.42 Å². The Bertz CT molecular complexity index is 2460. The molecule has 40 heavy (non-hydrogen) atoms. The summed E-state index contributed by atoms with van der Waals surface area (Å²) in [6, 6.07) is 35.1. The van der Waals surface area contributed by atoms with Crippen LogP contribution in [0.5, 0.6) is 0 Å². The van der Waals surface area contributed by atoms with E-state index in [-0.39, 0.29) is 0 Å². The molecule has 4 heteroatoms. The highest BCUT2D eigenvalue weighted by Gasteiger charge is 2.29. The molecule has 0 saturated carbocycles. The summed E-state index contributed by atoms with van der Waals surface area (Å²) in [6.07, 6.45) is 7.02. The van der Waals surface area contributed by atoms with E-state index in [2.05, 4.69) is 112 Å². The van der Waals surface area contributed by atoms with Gasteiger partial charge in [0, 0.05) is 42.1 Å². The highest BCUT2D eigenvalue weighted by Crippen LogP contribution is 2.53. The van der Waals surface area contributed by atoms with Gasteiger partial charge in [0.05, 0.1) is 33.5 Å². The monoisotopic (exact) mass is 530 g/mol. The number of aromatic nitrogens is 2. The molecular formula is C36H22N2OS. The lowest BCUT2D eigenvalue weighted by molar-refractivity contribution is 0.666. The molecule has 3 nitrogen and oxygen atoms in total. The van der Waals surface area contributed by atoms with Crippen molar-refractivity contribution in [3.05, 3.63) is 114 Å². The second-order valence-electron chi connectivity index (χ2n) is 10.8. The first-order valence-corrected chi connectivity index (χ1v) is 14.7. The number of thioether (sulfide) groups is 1. The molecule has 0 saturated heterocycles. The molecule has 1 aliphatic carbocycles. The Morgan fingerprint density at radius 2 is 1.30 bits per heavy atom. The Labute approximate surface area is 233 Å². The van der Waals surface area contributed by atoms with Gasteiger partial charge in [-0.25, -0.2) is 0 Å². The number of para-hydroxylation sites is 4. The lowest BCUT2D eigenvalue weighted by Gasteiger charge is -2.25. The first-order chi connectivity index (χ1) is 19.9. The molecule has 0 fully saturated rings. The topological polar surface area (TPSA) is 23.0 Å². The average molecular weight is 531 g/mol. The van der Waals surface area contributed by atoms with Crippen LogP contribution in [0, 0.1) is 0 Å². The Kier molecular flexibility index (Phi) is 3.97. The number of allylic oxidation sites excluding steroid dienone is 3. The van der Waals surface area contributed by atoms with Crippen LogP contribution in [-0.4, -0.2) is 9.13 Å². The number of furan rings is 1. The van der Waals surface area contributed by atoms with Crippen molar-refractivity contribution in [3.8, 4) is 5.69 Å². The van der Waals surface area contributed by atoms with E-state index in [0.717, 1.165) is 40.5 Å². The normalized spacial score (nSPS) is 15.0. The van der Waals surface area contributed by atoms with E-state index in [1.165, 1.54) is 59.1 Å². The van der Waals surface area contributed by atoms with Crippen LogP contribution in [0.2, 0.25) is 0 Å². The molecule has 188 valence electrons. The Balaban J connectivity index is 1.45. The van der Waals surface area contributed by atoms with E-state index in [1.54, 1.807) is 0 Å². The highest BCUT2D eigenvalue weighted by atomic mass is 32.2. The summed E-state index contributed by atoms with van der Waals surface area (Å²) in [6.45, 7) is 0. The van der Waals surface area contributed by atoms with E-state index in [1.807, 2.05) is 17.8 Å². The Hall–Kier alpha value is -4.67. The number of fused-ring (bicyclic) bond motifs is 12. The van der Waals surface area contributed by atoms with Gasteiger partial charge in [-0.3, -0.25) is 0 Å². The zero-order valence-electron chi connectivity index (χ0n) is 21.5. The molecule has 3 aromatic heterocycles. The summed E-state index contributed by atoms with van der Waals surface area (Å²) in [5.74, 6) is 0. The van der Waals surface area contributed by atoms with Gasteiger partial charge >= 0.3 is 0 Å². The molecule has 8 aromatic rings. The molecule has 0 radical (unpaired) electrons. The van der Waals surface area contributed by atoms with Crippen molar-refractivity contribution in [1.29, 1.82) is 0 Å². The van der Waals surface area contributed by atoms with Crippen LogP contribution < -0.4 is 0 Å². The molecule has 0 amide bonds. The van der Waals surface area contributed by atoms with Crippen LogP contribution >= 0.6 is 11.8 Å². The number of rotatable bonds is 1. The second kappa shape index (κ2) is 7.50. The largest absolute Gasteiger partial charge is 0.454 e. The third-order valence-electron chi connectivity index (χ3n) is 8.71. The summed E-state index contributed by atoms with van der Waals surface area (Å²) in [5, 5.41) is 7.52. The predicted molar refractivity (Wildman–Crippen MR) is 169 cm³/mol. The fourth-order valence-electron chi connectivity index (χ4n) is 7.13. The van der Waals surface area contributed by atoms with Crippen molar-refractivity contribution >= 4 is 83.0 Å². The zero-order chi connectivity index (χ0) is 25.9. The molecular weight excluding hydrogens is 508 g/mol.